The van der Waals surface area contributed by atoms with Gasteiger partial charge in [0.05, 0.1) is 17.4 Å². The molecule has 6 nitrogen and oxygen atoms in total. The van der Waals surface area contributed by atoms with Crippen molar-refractivity contribution in [1.82, 2.24) is 5.32 Å². The minimum atomic E-state index is -0.463. The number of aliphatic hydroxyl groups is 1. The van der Waals surface area contributed by atoms with Crippen molar-refractivity contribution in [2.24, 2.45) is 5.92 Å². The third-order valence-electron chi connectivity index (χ3n) is 3.61. The van der Waals surface area contributed by atoms with Gasteiger partial charge >= 0.3 is 0 Å². The molecule has 1 aliphatic carbocycles. The highest BCUT2D eigenvalue weighted by atomic mass is 16.6. The molecule has 0 radical (unpaired) electrons. The number of rotatable bonds is 5. The molecule has 1 aromatic carbocycles. The van der Waals surface area contributed by atoms with E-state index in [0.717, 1.165) is 24.8 Å². The first-order chi connectivity index (χ1) is 9.54. The Morgan fingerprint density at radius 3 is 2.60 bits per heavy atom. The van der Waals surface area contributed by atoms with E-state index in [0.29, 0.717) is 12.5 Å². The molecule has 1 saturated carbocycles. The quantitative estimate of drug-likeness (QED) is 0.629. The molecule has 2 unspecified atom stereocenters. The first kappa shape index (κ1) is 14.5. The number of aliphatic hydroxyl groups excluding tert-OH is 1. The Labute approximate surface area is 117 Å². The SMILES string of the molecule is O=C(Cc1ccc([N+](=O)[O-])cc1)NCC1CCC(O)C1. The smallest absolute Gasteiger partial charge is 0.269 e. The molecule has 0 aliphatic heterocycles. The number of benzene rings is 1. The molecule has 2 rings (SSSR count). The van der Waals surface area contributed by atoms with Gasteiger partial charge in [-0.1, -0.05) is 12.1 Å². The lowest BCUT2D eigenvalue weighted by atomic mass is 10.1. The van der Waals surface area contributed by atoms with Crippen molar-refractivity contribution in [2.45, 2.75) is 31.8 Å². The summed E-state index contributed by atoms with van der Waals surface area (Å²) in [6.45, 7) is 0.586. The van der Waals surface area contributed by atoms with Gasteiger partial charge in [0.15, 0.2) is 0 Å². The lowest BCUT2D eigenvalue weighted by molar-refractivity contribution is -0.384. The highest BCUT2D eigenvalue weighted by molar-refractivity contribution is 5.78. The molecule has 0 heterocycles. The van der Waals surface area contributed by atoms with Crippen LogP contribution in [0.4, 0.5) is 5.69 Å². The Hall–Kier alpha value is -1.95. The van der Waals surface area contributed by atoms with E-state index >= 15 is 0 Å². The van der Waals surface area contributed by atoms with Gasteiger partial charge in [0.1, 0.15) is 0 Å². The molecular formula is C14H18N2O4. The molecule has 1 amide bonds. The van der Waals surface area contributed by atoms with Crippen molar-refractivity contribution in [3.63, 3.8) is 0 Å². The largest absolute Gasteiger partial charge is 0.393 e. The molecule has 1 aromatic rings. The predicted molar refractivity (Wildman–Crippen MR) is 73.2 cm³/mol. The van der Waals surface area contributed by atoms with Crippen LogP contribution in [0, 0.1) is 16.0 Å². The van der Waals surface area contributed by atoms with E-state index in [9.17, 15) is 20.0 Å². The summed E-state index contributed by atoms with van der Waals surface area (Å²) in [7, 11) is 0. The average molecular weight is 278 g/mol. The van der Waals surface area contributed by atoms with Gasteiger partial charge in [0, 0.05) is 18.7 Å². The van der Waals surface area contributed by atoms with Gasteiger partial charge in [0.25, 0.3) is 5.69 Å². The van der Waals surface area contributed by atoms with Gasteiger partial charge in [-0.3, -0.25) is 14.9 Å². The van der Waals surface area contributed by atoms with Crippen LogP contribution in [0.25, 0.3) is 0 Å². The molecule has 2 N–H and O–H groups in total. The second-order valence-electron chi connectivity index (χ2n) is 5.24. The number of amides is 1. The van der Waals surface area contributed by atoms with E-state index < -0.39 is 4.92 Å². The van der Waals surface area contributed by atoms with Crippen molar-refractivity contribution in [1.29, 1.82) is 0 Å². The zero-order valence-corrected chi connectivity index (χ0v) is 11.1. The minimum Gasteiger partial charge on any atom is -0.393 e. The Balaban J connectivity index is 1.77. The third-order valence-corrected chi connectivity index (χ3v) is 3.61. The summed E-state index contributed by atoms with van der Waals surface area (Å²) < 4.78 is 0. The van der Waals surface area contributed by atoms with Crippen molar-refractivity contribution < 1.29 is 14.8 Å². The average Bonchev–Trinajstić information content (AvgIpc) is 2.83. The summed E-state index contributed by atoms with van der Waals surface area (Å²) in [5.74, 6) is 0.256. The number of carbonyl (C=O) groups excluding carboxylic acids is 1. The van der Waals surface area contributed by atoms with Gasteiger partial charge in [0.2, 0.25) is 5.91 Å². The second-order valence-corrected chi connectivity index (χ2v) is 5.24. The van der Waals surface area contributed by atoms with Crippen LogP contribution < -0.4 is 5.32 Å². The third kappa shape index (κ3) is 4.03. The molecule has 6 heteroatoms. The number of nitrogens with one attached hydrogen (secondary N) is 1. The first-order valence-electron chi connectivity index (χ1n) is 6.72. The van der Waals surface area contributed by atoms with E-state index in [-0.39, 0.29) is 24.1 Å². The first-order valence-corrected chi connectivity index (χ1v) is 6.72. The van der Waals surface area contributed by atoms with Gasteiger partial charge in [-0.15, -0.1) is 0 Å². The Morgan fingerprint density at radius 1 is 1.35 bits per heavy atom. The zero-order valence-electron chi connectivity index (χ0n) is 11.1. The van der Waals surface area contributed by atoms with Crippen molar-refractivity contribution in [3.8, 4) is 0 Å². The number of carbonyl (C=O) groups is 1. The summed E-state index contributed by atoms with van der Waals surface area (Å²) >= 11 is 0. The highest BCUT2D eigenvalue weighted by Crippen LogP contribution is 2.24. The second kappa shape index (κ2) is 6.47. The molecule has 2 atom stereocenters. The number of hydrogen-bond acceptors (Lipinski definition) is 4. The maximum atomic E-state index is 11.8. The molecule has 0 spiro atoms. The normalized spacial score (nSPS) is 21.6. The topological polar surface area (TPSA) is 92.5 Å². The van der Waals surface area contributed by atoms with Crippen LogP contribution in [0.5, 0.6) is 0 Å². The Bertz CT molecular complexity index is 486. The van der Waals surface area contributed by atoms with Crippen LogP contribution in [0.3, 0.4) is 0 Å². The number of non-ortho nitro benzene ring substituents is 1. The van der Waals surface area contributed by atoms with Crippen LogP contribution in [-0.4, -0.2) is 28.6 Å². The van der Waals surface area contributed by atoms with Gasteiger partial charge in [-0.25, -0.2) is 0 Å². The van der Waals surface area contributed by atoms with Crippen LogP contribution in [0.1, 0.15) is 24.8 Å². The van der Waals surface area contributed by atoms with Crippen LogP contribution in [0.15, 0.2) is 24.3 Å². The molecule has 0 bridgehead atoms. The molecule has 0 saturated heterocycles. The fourth-order valence-corrected chi connectivity index (χ4v) is 2.48. The van der Waals surface area contributed by atoms with Gasteiger partial charge < -0.3 is 10.4 Å². The molecule has 0 aromatic heterocycles. The van der Waals surface area contributed by atoms with E-state index in [1.165, 1.54) is 12.1 Å². The van der Waals surface area contributed by atoms with E-state index in [1.54, 1.807) is 12.1 Å². The summed E-state index contributed by atoms with van der Waals surface area (Å²) in [5.41, 5.74) is 0.772. The van der Waals surface area contributed by atoms with Crippen LogP contribution in [-0.2, 0) is 11.2 Å². The van der Waals surface area contributed by atoms with Crippen molar-refractivity contribution >= 4 is 11.6 Å². The van der Waals surface area contributed by atoms with Crippen LogP contribution >= 0.6 is 0 Å². The lowest BCUT2D eigenvalue weighted by Gasteiger charge is -2.10. The number of nitro groups is 1. The molecular weight excluding hydrogens is 260 g/mol. The van der Waals surface area contributed by atoms with E-state index in [1.807, 2.05) is 0 Å². The summed E-state index contributed by atoms with van der Waals surface area (Å²) in [6.07, 6.45) is 2.49. The van der Waals surface area contributed by atoms with Crippen molar-refractivity contribution in [3.05, 3.63) is 39.9 Å². The maximum Gasteiger partial charge on any atom is 0.269 e. The fourth-order valence-electron chi connectivity index (χ4n) is 2.48. The predicted octanol–water partition coefficient (Wildman–Crippen LogP) is 1.41. The maximum absolute atomic E-state index is 11.8. The molecule has 20 heavy (non-hydrogen) atoms. The van der Waals surface area contributed by atoms with Gasteiger partial charge in [-0.2, -0.15) is 0 Å². The lowest BCUT2D eigenvalue weighted by Crippen LogP contribution is -2.29. The van der Waals surface area contributed by atoms with Gasteiger partial charge in [-0.05, 0) is 30.7 Å². The van der Waals surface area contributed by atoms with Crippen LogP contribution in [0.2, 0.25) is 0 Å². The zero-order chi connectivity index (χ0) is 14.5. The van der Waals surface area contributed by atoms with E-state index in [2.05, 4.69) is 5.32 Å². The summed E-state index contributed by atoms with van der Waals surface area (Å²) in [4.78, 5) is 21.8. The number of hydrogen-bond donors (Lipinski definition) is 2. The minimum absolute atomic E-state index is 0.0223. The summed E-state index contributed by atoms with van der Waals surface area (Å²) in [5, 5.41) is 22.8. The summed E-state index contributed by atoms with van der Waals surface area (Å²) in [6, 6.07) is 5.99. The standard InChI is InChI=1S/C14H18N2O4/c17-13-6-3-11(7-13)9-15-14(18)8-10-1-4-12(5-2-10)16(19)20/h1-2,4-5,11,13,17H,3,6-9H2,(H,15,18). The number of nitro benzene ring substituents is 1. The van der Waals surface area contributed by atoms with Crippen molar-refractivity contribution in [2.75, 3.05) is 6.54 Å². The molecule has 108 valence electrons. The van der Waals surface area contributed by atoms with E-state index in [4.69, 9.17) is 0 Å². The Morgan fingerprint density at radius 2 is 2.05 bits per heavy atom. The fraction of sp³-hybridized carbons (Fsp3) is 0.500. The highest BCUT2D eigenvalue weighted by Gasteiger charge is 2.22. The monoisotopic (exact) mass is 278 g/mol. The Kier molecular flexibility index (Phi) is 4.68. The molecule has 1 fully saturated rings. The number of nitrogens with zero attached hydrogens (tertiary/aromatic N) is 1. The molecule has 1 aliphatic rings.